The highest BCUT2D eigenvalue weighted by Crippen LogP contribution is 2.32. The maximum atomic E-state index is 11.7. The number of carboxylic acid groups (broad SMARTS) is 1. The van der Waals surface area contributed by atoms with Crippen molar-refractivity contribution < 1.29 is 9.90 Å². The Kier molecular flexibility index (Phi) is 5.04. The Hall–Kier alpha value is -0.650. The Balaban J connectivity index is 2.04. The maximum Gasteiger partial charge on any atom is 0.323 e. The van der Waals surface area contributed by atoms with Crippen LogP contribution in [0.3, 0.4) is 0 Å². The van der Waals surface area contributed by atoms with Gasteiger partial charge in [-0.3, -0.25) is 9.69 Å². The standard InChI is InChI=1S/C15H29N3O2/c1-4-16-15(14(19)20)7-5-6-13(10-15)18-9-8-17(3)12(2)11-18/h12-13,16H,4-11H2,1-3H3,(H,19,20). The summed E-state index contributed by atoms with van der Waals surface area (Å²) >= 11 is 0. The van der Waals surface area contributed by atoms with E-state index in [1.54, 1.807) is 0 Å². The second kappa shape index (κ2) is 6.41. The molecule has 0 bridgehead atoms. The van der Waals surface area contributed by atoms with E-state index in [2.05, 4.69) is 29.1 Å². The first-order chi connectivity index (χ1) is 9.48. The molecule has 1 aliphatic heterocycles. The number of hydrogen-bond donors (Lipinski definition) is 2. The molecule has 2 N–H and O–H groups in total. The van der Waals surface area contributed by atoms with Gasteiger partial charge in [0.05, 0.1) is 0 Å². The lowest BCUT2D eigenvalue weighted by molar-refractivity contribution is -0.147. The number of carboxylic acids is 1. The number of piperazine rings is 1. The second-order valence-electron chi connectivity index (χ2n) is 6.49. The summed E-state index contributed by atoms with van der Waals surface area (Å²) in [4.78, 5) is 16.6. The third-order valence-electron chi connectivity index (χ3n) is 5.16. The highest BCUT2D eigenvalue weighted by molar-refractivity contribution is 5.79. The zero-order valence-electron chi connectivity index (χ0n) is 13.1. The minimum atomic E-state index is -0.704. The van der Waals surface area contributed by atoms with E-state index in [4.69, 9.17) is 0 Å². The quantitative estimate of drug-likeness (QED) is 0.806. The molecular formula is C15H29N3O2. The molecule has 0 spiro atoms. The van der Waals surface area contributed by atoms with Gasteiger partial charge in [-0.25, -0.2) is 0 Å². The highest BCUT2D eigenvalue weighted by Gasteiger charge is 2.44. The Bertz CT molecular complexity index is 346. The lowest BCUT2D eigenvalue weighted by Crippen LogP contribution is -2.61. The van der Waals surface area contributed by atoms with Crippen molar-refractivity contribution in [2.24, 2.45) is 0 Å². The van der Waals surface area contributed by atoms with Crippen LogP contribution in [0.1, 0.15) is 39.5 Å². The van der Waals surface area contributed by atoms with Crippen LogP contribution in [0.2, 0.25) is 0 Å². The average molecular weight is 283 g/mol. The molecule has 5 heteroatoms. The van der Waals surface area contributed by atoms with Crippen molar-refractivity contribution in [2.75, 3.05) is 33.2 Å². The molecule has 1 saturated heterocycles. The fraction of sp³-hybridized carbons (Fsp3) is 0.933. The lowest BCUT2D eigenvalue weighted by atomic mass is 9.78. The van der Waals surface area contributed by atoms with Crippen LogP contribution in [0.25, 0.3) is 0 Å². The molecule has 20 heavy (non-hydrogen) atoms. The molecule has 0 aromatic rings. The molecular weight excluding hydrogens is 254 g/mol. The monoisotopic (exact) mass is 283 g/mol. The van der Waals surface area contributed by atoms with E-state index in [1.165, 1.54) is 0 Å². The number of nitrogens with one attached hydrogen (secondary N) is 1. The van der Waals surface area contributed by atoms with Gasteiger partial charge in [-0.05, 0) is 46.2 Å². The van der Waals surface area contributed by atoms with Gasteiger partial charge in [0.15, 0.2) is 0 Å². The number of likely N-dealkylation sites (N-methyl/N-ethyl adjacent to an activating group) is 2. The van der Waals surface area contributed by atoms with Gasteiger partial charge >= 0.3 is 5.97 Å². The van der Waals surface area contributed by atoms with E-state index in [0.29, 0.717) is 12.1 Å². The van der Waals surface area contributed by atoms with E-state index < -0.39 is 11.5 Å². The van der Waals surface area contributed by atoms with Gasteiger partial charge < -0.3 is 15.3 Å². The molecule has 2 aliphatic rings. The summed E-state index contributed by atoms with van der Waals surface area (Å²) < 4.78 is 0. The van der Waals surface area contributed by atoms with E-state index in [9.17, 15) is 9.90 Å². The van der Waals surface area contributed by atoms with Gasteiger partial charge in [0.1, 0.15) is 5.54 Å². The molecule has 5 nitrogen and oxygen atoms in total. The van der Waals surface area contributed by atoms with E-state index in [0.717, 1.165) is 51.9 Å². The molecule has 2 rings (SSSR count). The van der Waals surface area contributed by atoms with E-state index >= 15 is 0 Å². The van der Waals surface area contributed by atoms with Crippen molar-refractivity contribution in [2.45, 2.75) is 57.2 Å². The van der Waals surface area contributed by atoms with Gasteiger partial charge in [-0.2, -0.15) is 0 Å². The summed E-state index contributed by atoms with van der Waals surface area (Å²) in [5.41, 5.74) is -0.704. The highest BCUT2D eigenvalue weighted by atomic mass is 16.4. The SMILES string of the molecule is CCNC1(C(=O)O)CCCC(N2CCN(C)C(C)C2)C1. The fourth-order valence-electron chi connectivity index (χ4n) is 3.73. The summed E-state index contributed by atoms with van der Waals surface area (Å²) in [6.45, 7) is 8.17. The van der Waals surface area contributed by atoms with Crippen LogP contribution in [-0.4, -0.2) is 71.7 Å². The molecule has 0 aromatic heterocycles. The molecule has 1 heterocycles. The van der Waals surface area contributed by atoms with Gasteiger partial charge in [-0.15, -0.1) is 0 Å². The topological polar surface area (TPSA) is 55.8 Å². The first-order valence-corrected chi connectivity index (χ1v) is 7.91. The molecule has 116 valence electrons. The average Bonchev–Trinajstić information content (AvgIpc) is 2.42. The number of hydrogen-bond acceptors (Lipinski definition) is 4. The minimum Gasteiger partial charge on any atom is -0.480 e. The second-order valence-corrected chi connectivity index (χ2v) is 6.49. The predicted molar refractivity (Wildman–Crippen MR) is 80.0 cm³/mol. The molecule has 1 aliphatic carbocycles. The van der Waals surface area contributed by atoms with Crippen LogP contribution in [0, 0.1) is 0 Å². The number of aliphatic carboxylic acids is 1. The molecule has 0 aromatic carbocycles. The Morgan fingerprint density at radius 1 is 1.45 bits per heavy atom. The summed E-state index contributed by atoms with van der Waals surface area (Å²) in [7, 11) is 2.17. The first kappa shape index (κ1) is 15.7. The zero-order chi connectivity index (χ0) is 14.8. The molecule has 3 atom stereocenters. The molecule has 1 saturated carbocycles. The van der Waals surface area contributed by atoms with Gasteiger partial charge in [-0.1, -0.05) is 6.92 Å². The number of rotatable bonds is 4. The summed E-state index contributed by atoms with van der Waals surface area (Å²) in [5, 5.41) is 12.9. The smallest absolute Gasteiger partial charge is 0.323 e. The summed E-state index contributed by atoms with van der Waals surface area (Å²) in [6.07, 6.45) is 3.64. The lowest BCUT2D eigenvalue weighted by Gasteiger charge is -2.47. The van der Waals surface area contributed by atoms with E-state index in [1.807, 2.05) is 6.92 Å². The van der Waals surface area contributed by atoms with Crippen molar-refractivity contribution >= 4 is 5.97 Å². The van der Waals surface area contributed by atoms with Crippen LogP contribution in [0.15, 0.2) is 0 Å². The number of carbonyl (C=O) groups is 1. The molecule has 0 radical (unpaired) electrons. The van der Waals surface area contributed by atoms with Crippen molar-refractivity contribution in [3.05, 3.63) is 0 Å². The number of nitrogens with zero attached hydrogens (tertiary/aromatic N) is 2. The minimum absolute atomic E-state index is 0.412. The molecule has 3 unspecified atom stereocenters. The third kappa shape index (κ3) is 3.15. The Labute approximate surface area is 122 Å². The van der Waals surface area contributed by atoms with Crippen LogP contribution in [0.4, 0.5) is 0 Å². The summed E-state index contributed by atoms with van der Waals surface area (Å²) in [6, 6.07) is 0.971. The van der Waals surface area contributed by atoms with Crippen molar-refractivity contribution in [1.29, 1.82) is 0 Å². The first-order valence-electron chi connectivity index (χ1n) is 7.91. The Morgan fingerprint density at radius 2 is 2.20 bits per heavy atom. The van der Waals surface area contributed by atoms with Crippen LogP contribution >= 0.6 is 0 Å². The van der Waals surface area contributed by atoms with Crippen LogP contribution in [0.5, 0.6) is 0 Å². The van der Waals surface area contributed by atoms with Gasteiger partial charge in [0, 0.05) is 31.7 Å². The Morgan fingerprint density at radius 3 is 2.80 bits per heavy atom. The van der Waals surface area contributed by atoms with Crippen molar-refractivity contribution in [3.63, 3.8) is 0 Å². The van der Waals surface area contributed by atoms with E-state index in [-0.39, 0.29) is 0 Å². The normalized spacial score (nSPS) is 37.0. The summed E-state index contributed by atoms with van der Waals surface area (Å²) in [5.74, 6) is -0.675. The fourth-order valence-corrected chi connectivity index (χ4v) is 3.73. The molecule has 0 amide bonds. The predicted octanol–water partition coefficient (Wildman–Crippen LogP) is 0.998. The van der Waals surface area contributed by atoms with Gasteiger partial charge in [0.25, 0.3) is 0 Å². The van der Waals surface area contributed by atoms with Gasteiger partial charge in [0.2, 0.25) is 0 Å². The largest absolute Gasteiger partial charge is 0.480 e. The zero-order valence-corrected chi connectivity index (χ0v) is 13.1. The van der Waals surface area contributed by atoms with Crippen LogP contribution in [-0.2, 0) is 4.79 Å². The maximum absolute atomic E-state index is 11.7. The molecule has 2 fully saturated rings. The van der Waals surface area contributed by atoms with Crippen molar-refractivity contribution in [1.82, 2.24) is 15.1 Å². The van der Waals surface area contributed by atoms with Crippen molar-refractivity contribution in [3.8, 4) is 0 Å². The third-order valence-corrected chi connectivity index (χ3v) is 5.16. The van der Waals surface area contributed by atoms with Crippen LogP contribution < -0.4 is 5.32 Å².